The maximum atomic E-state index is 13.3. The van der Waals surface area contributed by atoms with Crippen LogP contribution >= 0.6 is 0 Å². The van der Waals surface area contributed by atoms with Gasteiger partial charge in [-0.3, -0.25) is 9.59 Å². The van der Waals surface area contributed by atoms with Gasteiger partial charge in [-0.2, -0.15) is 0 Å². The molecule has 5 nitrogen and oxygen atoms in total. The summed E-state index contributed by atoms with van der Waals surface area (Å²) in [5.41, 5.74) is 7.17. The lowest BCUT2D eigenvalue weighted by Gasteiger charge is -2.37. The fourth-order valence-corrected chi connectivity index (χ4v) is 4.90. The number of rotatable bonds is 5. The summed E-state index contributed by atoms with van der Waals surface area (Å²) in [6, 6.07) is 12.2. The number of nitrogens with zero attached hydrogens (tertiary/aromatic N) is 2. The van der Waals surface area contributed by atoms with E-state index < -0.39 is 0 Å². The van der Waals surface area contributed by atoms with Crippen LogP contribution < -0.4 is 5.32 Å². The quantitative estimate of drug-likeness (QED) is 0.783. The van der Waals surface area contributed by atoms with Crippen molar-refractivity contribution in [1.29, 1.82) is 0 Å². The molecule has 0 aromatic heterocycles. The third kappa shape index (κ3) is 5.21. The Kier molecular flexibility index (Phi) is 6.95. The SMILES string of the molecule is Cc1ccc(C(=O)NCCN2CCCC(C(=O)N3CCc4cc(C)c(C)cc4C3)C2)cc1. The van der Waals surface area contributed by atoms with E-state index in [-0.39, 0.29) is 11.8 Å². The van der Waals surface area contributed by atoms with E-state index in [1.54, 1.807) is 0 Å². The average Bonchev–Trinajstić information content (AvgIpc) is 2.79. The first-order valence-corrected chi connectivity index (χ1v) is 11.9. The van der Waals surface area contributed by atoms with Crippen molar-refractivity contribution in [2.45, 2.75) is 46.6 Å². The van der Waals surface area contributed by atoms with Gasteiger partial charge < -0.3 is 15.1 Å². The van der Waals surface area contributed by atoms with E-state index in [0.29, 0.717) is 18.0 Å². The van der Waals surface area contributed by atoms with E-state index in [0.717, 1.165) is 57.5 Å². The summed E-state index contributed by atoms with van der Waals surface area (Å²) in [6.07, 6.45) is 2.94. The molecule has 0 saturated carbocycles. The molecule has 4 rings (SSSR count). The van der Waals surface area contributed by atoms with Crippen LogP contribution in [-0.4, -0.2) is 54.3 Å². The third-order valence-corrected chi connectivity index (χ3v) is 7.02. The zero-order valence-electron chi connectivity index (χ0n) is 19.6. The van der Waals surface area contributed by atoms with Crippen LogP contribution in [-0.2, 0) is 17.8 Å². The van der Waals surface area contributed by atoms with Crippen molar-refractivity contribution in [2.75, 3.05) is 32.7 Å². The van der Waals surface area contributed by atoms with Gasteiger partial charge in [-0.1, -0.05) is 29.8 Å². The molecule has 32 heavy (non-hydrogen) atoms. The van der Waals surface area contributed by atoms with Crippen LogP contribution in [0.5, 0.6) is 0 Å². The van der Waals surface area contributed by atoms with E-state index >= 15 is 0 Å². The number of benzene rings is 2. The summed E-state index contributed by atoms with van der Waals surface area (Å²) in [6.45, 7) is 11.0. The molecule has 1 unspecified atom stereocenters. The minimum Gasteiger partial charge on any atom is -0.351 e. The van der Waals surface area contributed by atoms with Gasteiger partial charge in [0.05, 0.1) is 5.92 Å². The Balaban J connectivity index is 1.28. The van der Waals surface area contributed by atoms with Crippen molar-refractivity contribution in [3.8, 4) is 0 Å². The molecule has 0 radical (unpaired) electrons. The summed E-state index contributed by atoms with van der Waals surface area (Å²) in [5.74, 6) is 0.319. The number of piperidine rings is 1. The van der Waals surface area contributed by atoms with Gasteiger partial charge in [-0.05, 0) is 81.0 Å². The highest BCUT2D eigenvalue weighted by molar-refractivity contribution is 5.94. The standard InChI is InChI=1S/C27H35N3O2/c1-19-6-8-22(9-7-19)26(31)28-11-14-29-12-4-5-24(17-29)27(32)30-13-10-23-15-20(2)21(3)16-25(23)18-30/h6-9,15-16,24H,4-5,10-14,17-18H2,1-3H3,(H,28,31). The van der Waals surface area contributed by atoms with Crippen LogP contribution in [0.2, 0.25) is 0 Å². The Morgan fingerprint density at radius 1 is 1.00 bits per heavy atom. The summed E-state index contributed by atoms with van der Waals surface area (Å²) in [7, 11) is 0. The Bertz CT molecular complexity index is 983. The molecule has 1 saturated heterocycles. The molecular formula is C27H35N3O2. The van der Waals surface area contributed by atoms with Crippen LogP contribution in [0.25, 0.3) is 0 Å². The van der Waals surface area contributed by atoms with Crippen molar-refractivity contribution in [3.05, 3.63) is 69.8 Å². The predicted octanol–water partition coefficient (Wildman–Crippen LogP) is 3.64. The predicted molar refractivity (Wildman–Crippen MR) is 128 cm³/mol. The molecule has 2 aliphatic heterocycles. The van der Waals surface area contributed by atoms with Crippen LogP contribution in [0.1, 0.15) is 51.0 Å². The Morgan fingerprint density at radius 2 is 1.72 bits per heavy atom. The smallest absolute Gasteiger partial charge is 0.251 e. The molecule has 1 atom stereocenters. The monoisotopic (exact) mass is 433 g/mol. The van der Waals surface area contributed by atoms with Crippen molar-refractivity contribution in [3.63, 3.8) is 0 Å². The molecule has 2 aliphatic rings. The number of hydrogen-bond acceptors (Lipinski definition) is 3. The van der Waals surface area contributed by atoms with E-state index in [4.69, 9.17) is 0 Å². The first kappa shape index (κ1) is 22.5. The highest BCUT2D eigenvalue weighted by Crippen LogP contribution is 2.26. The normalized spacial score (nSPS) is 18.8. The molecule has 2 amide bonds. The second kappa shape index (κ2) is 9.86. The van der Waals surface area contributed by atoms with Gasteiger partial charge >= 0.3 is 0 Å². The molecule has 2 aromatic carbocycles. The zero-order valence-corrected chi connectivity index (χ0v) is 19.6. The van der Waals surface area contributed by atoms with Gasteiger partial charge in [0.15, 0.2) is 0 Å². The summed E-state index contributed by atoms with van der Waals surface area (Å²) in [5, 5.41) is 3.02. The van der Waals surface area contributed by atoms with Crippen LogP contribution in [0.3, 0.4) is 0 Å². The van der Waals surface area contributed by atoms with Gasteiger partial charge in [-0.15, -0.1) is 0 Å². The van der Waals surface area contributed by atoms with Gasteiger partial charge in [0, 0.05) is 38.3 Å². The highest BCUT2D eigenvalue weighted by Gasteiger charge is 2.31. The van der Waals surface area contributed by atoms with Crippen LogP contribution in [0.4, 0.5) is 0 Å². The van der Waals surface area contributed by atoms with E-state index in [1.165, 1.54) is 22.3 Å². The minimum atomic E-state index is -0.0350. The van der Waals surface area contributed by atoms with Crippen molar-refractivity contribution in [1.82, 2.24) is 15.1 Å². The number of likely N-dealkylation sites (tertiary alicyclic amines) is 1. The highest BCUT2D eigenvalue weighted by atomic mass is 16.2. The summed E-state index contributed by atoms with van der Waals surface area (Å²) < 4.78 is 0. The molecule has 5 heteroatoms. The molecule has 0 aliphatic carbocycles. The number of hydrogen-bond donors (Lipinski definition) is 1. The lowest BCUT2D eigenvalue weighted by atomic mass is 9.92. The van der Waals surface area contributed by atoms with Gasteiger partial charge in [0.25, 0.3) is 5.91 Å². The molecular weight excluding hydrogens is 398 g/mol. The number of aryl methyl sites for hydroxylation is 3. The molecule has 170 valence electrons. The van der Waals surface area contributed by atoms with Crippen molar-refractivity contribution in [2.24, 2.45) is 5.92 Å². The van der Waals surface area contributed by atoms with E-state index in [2.05, 4.69) is 41.1 Å². The second-order valence-corrected chi connectivity index (χ2v) is 9.48. The molecule has 2 heterocycles. The number of carbonyl (C=O) groups is 2. The van der Waals surface area contributed by atoms with Crippen LogP contribution in [0.15, 0.2) is 36.4 Å². The lowest BCUT2D eigenvalue weighted by Crippen LogP contribution is -2.47. The first-order valence-electron chi connectivity index (χ1n) is 11.9. The zero-order chi connectivity index (χ0) is 22.7. The molecule has 1 N–H and O–H groups in total. The van der Waals surface area contributed by atoms with Gasteiger partial charge in [0.2, 0.25) is 5.91 Å². The Morgan fingerprint density at radius 3 is 2.47 bits per heavy atom. The summed E-state index contributed by atoms with van der Waals surface area (Å²) >= 11 is 0. The largest absolute Gasteiger partial charge is 0.351 e. The van der Waals surface area contributed by atoms with Crippen LogP contribution in [0, 0.1) is 26.7 Å². The third-order valence-electron chi connectivity index (χ3n) is 7.02. The lowest BCUT2D eigenvalue weighted by molar-refractivity contribution is -0.138. The fraction of sp³-hybridized carbons (Fsp3) is 0.481. The number of fused-ring (bicyclic) bond motifs is 1. The Hall–Kier alpha value is -2.66. The van der Waals surface area contributed by atoms with Gasteiger partial charge in [0.1, 0.15) is 0 Å². The molecule has 1 fully saturated rings. The van der Waals surface area contributed by atoms with E-state index in [1.807, 2.05) is 31.2 Å². The molecule has 2 aromatic rings. The Labute approximate surface area is 191 Å². The number of carbonyl (C=O) groups excluding carboxylic acids is 2. The second-order valence-electron chi connectivity index (χ2n) is 9.48. The first-order chi connectivity index (χ1) is 15.4. The number of nitrogens with one attached hydrogen (secondary N) is 1. The topological polar surface area (TPSA) is 52.7 Å². The summed E-state index contributed by atoms with van der Waals surface area (Å²) in [4.78, 5) is 30.0. The fourth-order valence-electron chi connectivity index (χ4n) is 4.90. The molecule has 0 bridgehead atoms. The average molecular weight is 434 g/mol. The van der Waals surface area contributed by atoms with E-state index in [9.17, 15) is 9.59 Å². The maximum Gasteiger partial charge on any atom is 0.251 e. The van der Waals surface area contributed by atoms with Crippen molar-refractivity contribution >= 4 is 11.8 Å². The maximum absolute atomic E-state index is 13.3. The number of amides is 2. The van der Waals surface area contributed by atoms with Gasteiger partial charge in [-0.25, -0.2) is 0 Å². The molecule has 0 spiro atoms. The minimum absolute atomic E-state index is 0.0350. The van der Waals surface area contributed by atoms with Crippen molar-refractivity contribution < 1.29 is 9.59 Å².